The van der Waals surface area contributed by atoms with Crippen LogP contribution in [0, 0.1) is 0 Å². The highest BCUT2D eigenvalue weighted by Gasteiger charge is 2.27. The molecule has 0 saturated heterocycles. The number of aliphatic hydroxyl groups is 1. The van der Waals surface area contributed by atoms with Crippen LogP contribution in [0.25, 0.3) is 0 Å². The van der Waals surface area contributed by atoms with Gasteiger partial charge in [-0.1, -0.05) is 18.2 Å². The molecule has 1 aliphatic rings. The van der Waals surface area contributed by atoms with Gasteiger partial charge >= 0.3 is 0 Å². The maximum absolute atomic E-state index is 10.4. The van der Waals surface area contributed by atoms with Crippen LogP contribution in [-0.2, 0) is 0 Å². The first-order valence-electron chi connectivity index (χ1n) is 7.51. The predicted octanol–water partition coefficient (Wildman–Crippen LogP) is 3.30. The fourth-order valence-electron chi connectivity index (χ4n) is 3.04. The number of hydrogen-bond donors (Lipinski definition) is 2. The second-order valence-corrected chi connectivity index (χ2v) is 5.49. The molecule has 0 bridgehead atoms. The summed E-state index contributed by atoms with van der Waals surface area (Å²) >= 11 is 0. The third-order valence-electron chi connectivity index (χ3n) is 4.20. The molecule has 122 valence electrons. The molecule has 2 aromatic rings. The van der Waals surface area contributed by atoms with Gasteiger partial charge in [0.05, 0.1) is 33.5 Å². The third-order valence-corrected chi connectivity index (χ3v) is 4.20. The number of para-hydroxylation sites is 1. The maximum atomic E-state index is 10.4. The molecule has 0 radical (unpaired) electrons. The maximum Gasteiger partial charge on any atom is 0.203 e. The molecule has 2 aromatic carbocycles. The Morgan fingerprint density at radius 1 is 1.00 bits per heavy atom. The summed E-state index contributed by atoms with van der Waals surface area (Å²) in [5.41, 5.74) is 2.86. The number of hydrogen-bond acceptors (Lipinski definition) is 5. The molecular formula is C18H21NO4. The Labute approximate surface area is 135 Å². The summed E-state index contributed by atoms with van der Waals surface area (Å²) in [7, 11) is 4.78. The van der Waals surface area contributed by atoms with E-state index < -0.39 is 6.10 Å². The van der Waals surface area contributed by atoms with E-state index in [2.05, 4.69) is 5.32 Å². The number of aliphatic hydroxyl groups excluding tert-OH is 1. The van der Waals surface area contributed by atoms with Gasteiger partial charge in [-0.3, -0.25) is 0 Å². The highest BCUT2D eigenvalue weighted by atomic mass is 16.5. The Kier molecular flexibility index (Phi) is 4.30. The highest BCUT2D eigenvalue weighted by molar-refractivity contribution is 5.59. The van der Waals surface area contributed by atoms with Crippen molar-refractivity contribution in [3.8, 4) is 17.2 Å². The van der Waals surface area contributed by atoms with Crippen molar-refractivity contribution in [2.24, 2.45) is 0 Å². The molecule has 2 atom stereocenters. The molecule has 23 heavy (non-hydrogen) atoms. The Bertz CT molecular complexity index is 676. The lowest BCUT2D eigenvalue weighted by Gasteiger charge is -2.31. The molecule has 0 aliphatic carbocycles. The molecule has 0 spiro atoms. The van der Waals surface area contributed by atoms with Crippen LogP contribution in [0.2, 0.25) is 0 Å². The number of nitrogens with one attached hydrogen (secondary N) is 1. The van der Waals surface area contributed by atoms with Gasteiger partial charge in [0.15, 0.2) is 11.5 Å². The summed E-state index contributed by atoms with van der Waals surface area (Å²) in [5, 5.41) is 13.9. The van der Waals surface area contributed by atoms with E-state index in [1.54, 1.807) is 21.3 Å². The SMILES string of the molecule is COc1cc([C@H]2C[C@H](O)c3ccccc3N2)cc(OC)c1OC. The van der Waals surface area contributed by atoms with Crippen molar-refractivity contribution in [2.75, 3.05) is 26.6 Å². The van der Waals surface area contributed by atoms with Crippen molar-refractivity contribution in [1.29, 1.82) is 0 Å². The van der Waals surface area contributed by atoms with E-state index in [1.165, 1.54) is 0 Å². The minimum Gasteiger partial charge on any atom is -0.493 e. The Morgan fingerprint density at radius 3 is 2.26 bits per heavy atom. The summed E-state index contributed by atoms with van der Waals surface area (Å²) in [6, 6.07) is 11.6. The van der Waals surface area contributed by atoms with Gasteiger partial charge in [-0.05, 0) is 23.8 Å². The normalized spacial score (nSPS) is 19.5. The number of anilines is 1. The Morgan fingerprint density at radius 2 is 1.65 bits per heavy atom. The summed E-state index contributed by atoms with van der Waals surface area (Å²) in [4.78, 5) is 0. The van der Waals surface area contributed by atoms with E-state index in [0.717, 1.165) is 16.8 Å². The monoisotopic (exact) mass is 315 g/mol. The molecular weight excluding hydrogens is 294 g/mol. The second-order valence-electron chi connectivity index (χ2n) is 5.49. The minimum absolute atomic E-state index is 0.0337. The van der Waals surface area contributed by atoms with Crippen molar-refractivity contribution < 1.29 is 19.3 Å². The number of methoxy groups -OCH3 is 3. The van der Waals surface area contributed by atoms with Crippen molar-refractivity contribution in [1.82, 2.24) is 0 Å². The van der Waals surface area contributed by atoms with Gasteiger partial charge in [-0.2, -0.15) is 0 Å². The van der Waals surface area contributed by atoms with E-state index in [0.29, 0.717) is 23.7 Å². The van der Waals surface area contributed by atoms with Crippen LogP contribution in [0.4, 0.5) is 5.69 Å². The predicted molar refractivity (Wildman–Crippen MR) is 88.5 cm³/mol. The molecule has 1 heterocycles. The number of fused-ring (bicyclic) bond motifs is 1. The molecule has 1 aliphatic heterocycles. The first-order chi connectivity index (χ1) is 11.2. The van der Waals surface area contributed by atoms with Gasteiger partial charge in [0.2, 0.25) is 5.75 Å². The molecule has 2 N–H and O–H groups in total. The Hall–Kier alpha value is -2.40. The highest BCUT2D eigenvalue weighted by Crippen LogP contribution is 2.44. The molecule has 3 rings (SSSR count). The molecule has 5 nitrogen and oxygen atoms in total. The van der Waals surface area contributed by atoms with Gasteiger partial charge in [-0.25, -0.2) is 0 Å². The van der Waals surface area contributed by atoms with Gasteiger partial charge < -0.3 is 24.6 Å². The Balaban J connectivity index is 2.00. The first kappa shape index (κ1) is 15.5. The number of rotatable bonds is 4. The van der Waals surface area contributed by atoms with Crippen molar-refractivity contribution >= 4 is 5.69 Å². The van der Waals surface area contributed by atoms with E-state index in [-0.39, 0.29) is 6.04 Å². The quantitative estimate of drug-likeness (QED) is 0.906. The van der Waals surface area contributed by atoms with Gasteiger partial charge in [0.1, 0.15) is 0 Å². The van der Waals surface area contributed by atoms with Crippen LogP contribution >= 0.6 is 0 Å². The summed E-state index contributed by atoms with van der Waals surface area (Å²) < 4.78 is 16.2. The average Bonchev–Trinajstić information content (AvgIpc) is 2.60. The van der Waals surface area contributed by atoms with E-state index in [4.69, 9.17) is 14.2 Å². The van der Waals surface area contributed by atoms with Gasteiger partial charge in [0, 0.05) is 17.7 Å². The smallest absolute Gasteiger partial charge is 0.203 e. The fourth-order valence-corrected chi connectivity index (χ4v) is 3.04. The lowest BCUT2D eigenvalue weighted by molar-refractivity contribution is 0.156. The molecule has 5 heteroatoms. The molecule has 0 saturated carbocycles. The topological polar surface area (TPSA) is 60.0 Å². The average molecular weight is 315 g/mol. The summed E-state index contributed by atoms with van der Waals surface area (Å²) in [6.07, 6.45) is 0.0758. The van der Waals surface area contributed by atoms with Crippen LogP contribution in [-0.4, -0.2) is 26.4 Å². The van der Waals surface area contributed by atoms with E-state index in [9.17, 15) is 5.11 Å². The zero-order chi connectivity index (χ0) is 16.4. The van der Waals surface area contributed by atoms with Crippen molar-refractivity contribution in [2.45, 2.75) is 18.6 Å². The zero-order valence-electron chi connectivity index (χ0n) is 13.5. The lowest BCUT2D eigenvalue weighted by Crippen LogP contribution is -2.21. The zero-order valence-corrected chi connectivity index (χ0v) is 13.5. The van der Waals surface area contributed by atoms with Gasteiger partial charge in [-0.15, -0.1) is 0 Å². The fraction of sp³-hybridized carbons (Fsp3) is 0.333. The van der Waals surface area contributed by atoms with Crippen LogP contribution in [0.15, 0.2) is 36.4 Å². The largest absolute Gasteiger partial charge is 0.493 e. The van der Waals surface area contributed by atoms with E-state index in [1.807, 2.05) is 36.4 Å². The molecule has 0 unspecified atom stereocenters. The molecule has 0 amide bonds. The van der Waals surface area contributed by atoms with Crippen LogP contribution < -0.4 is 19.5 Å². The van der Waals surface area contributed by atoms with Crippen molar-refractivity contribution in [3.05, 3.63) is 47.5 Å². The lowest BCUT2D eigenvalue weighted by atomic mass is 9.91. The van der Waals surface area contributed by atoms with Gasteiger partial charge in [0.25, 0.3) is 0 Å². The van der Waals surface area contributed by atoms with Crippen molar-refractivity contribution in [3.63, 3.8) is 0 Å². The van der Waals surface area contributed by atoms with E-state index >= 15 is 0 Å². The number of benzene rings is 2. The minimum atomic E-state index is -0.503. The first-order valence-corrected chi connectivity index (χ1v) is 7.51. The standard InChI is InChI=1S/C18H21NO4/c1-21-16-8-11(9-17(22-2)18(16)23-3)14-10-15(20)12-6-4-5-7-13(12)19-14/h4-9,14-15,19-20H,10H2,1-3H3/t14-,15+/m1/s1. The van der Waals surface area contributed by atoms with Crippen LogP contribution in [0.3, 0.4) is 0 Å². The molecule has 0 fully saturated rings. The number of ether oxygens (including phenoxy) is 3. The third kappa shape index (κ3) is 2.80. The summed E-state index contributed by atoms with van der Waals surface area (Å²) in [5.74, 6) is 1.78. The summed E-state index contributed by atoms with van der Waals surface area (Å²) in [6.45, 7) is 0. The van der Waals surface area contributed by atoms with Crippen LogP contribution in [0.5, 0.6) is 17.2 Å². The second kappa shape index (κ2) is 6.38. The van der Waals surface area contributed by atoms with Crippen LogP contribution in [0.1, 0.15) is 29.7 Å². The molecule has 0 aromatic heterocycles.